The van der Waals surface area contributed by atoms with Gasteiger partial charge in [-0.2, -0.15) is 0 Å². The number of aliphatic hydroxyl groups is 1. The lowest BCUT2D eigenvalue weighted by Gasteiger charge is -2.64. The van der Waals surface area contributed by atoms with Gasteiger partial charge in [0, 0.05) is 28.7 Å². The number of hydrogen-bond donors (Lipinski definition) is 2. The Morgan fingerprint density at radius 2 is 1.88 bits per heavy atom. The lowest BCUT2D eigenvalue weighted by molar-refractivity contribution is -0.108. The number of aliphatic hydroxyl groups excluding tert-OH is 1. The first-order chi connectivity index (χ1) is 15.2. The van der Waals surface area contributed by atoms with Crippen LogP contribution in [0.15, 0.2) is 18.2 Å². The van der Waals surface area contributed by atoms with Crippen LogP contribution in [-0.4, -0.2) is 27.9 Å². The number of hydrogen-bond acceptors (Lipinski definition) is 2. The quantitative estimate of drug-likeness (QED) is 0.557. The molecule has 4 bridgehead atoms. The standard InChI is InChI=1S/C29H42N2O.ClH/c1-18-5-7-26-24(9-18)25-10-19(2)6-8-27(25)31(26)16-23(32)15-30-29-13-21-11-28(4,17-29)12-22(14-29)20(21)3;/h5,7,9,19-23,30,32H,6,8,10-17H2,1-4H3;1H. The first kappa shape index (κ1) is 23.7. The number of benzene rings is 1. The molecule has 5 aliphatic rings. The Morgan fingerprint density at radius 3 is 2.61 bits per heavy atom. The summed E-state index contributed by atoms with van der Waals surface area (Å²) in [5, 5.41) is 16.6. The van der Waals surface area contributed by atoms with Gasteiger partial charge in [-0.3, -0.25) is 0 Å². The predicted octanol–water partition coefficient (Wildman–Crippen LogP) is 6.05. The highest BCUT2D eigenvalue weighted by Crippen LogP contribution is 2.63. The number of β-amino-alcohol motifs (C(OH)–C–C–N with tert-alkyl or cyclic N) is 1. The van der Waals surface area contributed by atoms with E-state index in [1.54, 1.807) is 5.56 Å². The second-order valence-corrected chi connectivity index (χ2v) is 12.9. The second-order valence-electron chi connectivity index (χ2n) is 12.9. The first-order valence-corrected chi connectivity index (χ1v) is 13.3. The molecule has 0 saturated heterocycles. The van der Waals surface area contributed by atoms with Crippen LogP contribution in [0.5, 0.6) is 0 Å². The minimum atomic E-state index is -0.339. The van der Waals surface area contributed by atoms with Gasteiger partial charge >= 0.3 is 0 Å². The van der Waals surface area contributed by atoms with E-state index in [4.69, 9.17) is 0 Å². The maximum atomic E-state index is 11.2. The third kappa shape index (κ3) is 3.96. The summed E-state index contributed by atoms with van der Waals surface area (Å²) in [5.74, 6) is 3.42. The number of rotatable bonds is 5. The molecule has 2 aromatic rings. The SMILES string of the molecule is Cc1ccc2c(c1)c1c(n2CC(O)CNC23CC4CC(C)(CC(C2)C4C)C3)CCC(C)C1.Cl. The average Bonchev–Trinajstić information content (AvgIpc) is 3.01. The fourth-order valence-corrected chi connectivity index (χ4v) is 8.78. The van der Waals surface area contributed by atoms with Crippen LogP contribution in [0.4, 0.5) is 0 Å². The molecular formula is C29H43ClN2O. The molecule has 1 heterocycles. The number of aryl methyl sites for hydroxylation is 1. The van der Waals surface area contributed by atoms with E-state index in [-0.39, 0.29) is 24.0 Å². The summed E-state index contributed by atoms with van der Waals surface area (Å²) in [6.07, 6.45) is 10.1. The Hall–Kier alpha value is -1.03. The zero-order chi connectivity index (χ0) is 22.3. The third-order valence-corrected chi connectivity index (χ3v) is 10.0. The molecule has 1 aromatic carbocycles. The molecule has 0 spiro atoms. The predicted molar refractivity (Wildman–Crippen MR) is 139 cm³/mol. The highest BCUT2D eigenvalue weighted by Gasteiger charge is 2.58. The molecule has 0 radical (unpaired) electrons. The molecule has 182 valence electrons. The van der Waals surface area contributed by atoms with Gasteiger partial charge in [-0.15, -0.1) is 12.4 Å². The van der Waals surface area contributed by atoms with Gasteiger partial charge in [0.2, 0.25) is 0 Å². The molecule has 4 heteroatoms. The van der Waals surface area contributed by atoms with E-state index in [1.807, 2.05) is 0 Å². The molecule has 7 rings (SSSR count). The Kier molecular flexibility index (Phi) is 5.94. The summed E-state index contributed by atoms with van der Waals surface area (Å²) in [5.41, 5.74) is 6.50. The number of nitrogens with zero attached hydrogens (tertiary/aromatic N) is 1. The normalized spacial score (nSPS) is 37.7. The summed E-state index contributed by atoms with van der Waals surface area (Å²) < 4.78 is 2.46. The van der Waals surface area contributed by atoms with Crippen molar-refractivity contribution >= 4 is 23.3 Å². The largest absolute Gasteiger partial charge is 0.390 e. The van der Waals surface area contributed by atoms with Crippen molar-refractivity contribution in [2.45, 2.75) is 97.2 Å². The number of fused-ring (bicyclic) bond motifs is 3. The van der Waals surface area contributed by atoms with Gasteiger partial charge in [0.05, 0.1) is 12.6 Å². The fourth-order valence-electron chi connectivity index (χ4n) is 8.78. The highest BCUT2D eigenvalue weighted by atomic mass is 35.5. The van der Waals surface area contributed by atoms with Crippen LogP contribution < -0.4 is 5.32 Å². The minimum Gasteiger partial charge on any atom is -0.390 e. The zero-order valence-electron chi connectivity index (χ0n) is 21.0. The topological polar surface area (TPSA) is 37.2 Å². The van der Waals surface area contributed by atoms with Gasteiger partial charge in [-0.1, -0.05) is 32.4 Å². The number of nitrogens with one attached hydrogen (secondary N) is 1. The Balaban J connectivity index is 0.00000228. The molecule has 4 atom stereocenters. The molecule has 4 saturated carbocycles. The molecule has 0 amide bonds. The van der Waals surface area contributed by atoms with E-state index < -0.39 is 0 Å². The maximum Gasteiger partial charge on any atom is 0.0843 e. The van der Waals surface area contributed by atoms with Gasteiger partial charge in [-0.25, -0.2) is 0 Å². The maximum absolute atomic E-state index is 11.2. The zero-order valence-corrected chi connectivity index (χ0v) is 21.8. The fraction of sp³-hybridized carbons (Fsp3) is 0.724. The molecule has 2 N–H and O–H groups in total. The lowest BCUT2D eigenvalue weighted by atomic mass is 9.44. The molecule has 1 aromatic heterocycles. The summed E-state index contributed by atoms with van der Waals surface area (Å²) >= 11 is 0. The summed E-state index contributed by atoms with van der Waals surface area (Å²) in [6.45, 7) is 11.1. The van der Waals surface area contributed by atoms with Crippen molar-refractivity contribution in [1.29, 1.82) is 0 Å². The Morgan fingerprint density at radius 1 is 1.15 bits per heavy atom. The van der Waals surface area contributed by atoms with Gasteiger partial charge < -0.3 is 15.0 Å². The van der Waals surface area contributed by atoms with Crippen molar-refractivity contribution in [2.24, 2.45) is 29.1 Å². The van der Waals surface area contributed by atoms with Crippen molar-refractivity contribution in [3.05, 3.63) is 35.0 Å². The van der Waals surface area contributed by atoms with Crippen LogP contribution >= 0.6 is 12.4 Å². The first-order valence-electron chi connectivity index (χ1n) is 13.3. The van der Waals surface area contributed by atoms with E-state index in [2.05, 4.69) is 55.8 Å². The van der Waals surface area contributed by atoms with E-state index in [0.29, 0.717) is 12.0 Å². The van der Waals surface area contributed by atoms with Crippen molar-refractivity contribution in [3.8, 4) is 0 Å². The van der Waals surface area contributed by atoms with Gasteiger partial charge in [0.1, 0.15) is 0 Å². The van der Waals surface area contributed by atoms with Gasteiger partial charge in [0.15, 0.2) is 0 Å². The van der Waals surface area contributed by atoms with Crippen LogP contribution in [0.3, 0.4) is 0 Å². The van der Waals surface area contributed by atoms with E-state index in [1.165, 1.54) is 67.1 Å². The van der Waals surface area contributed by atoms with Crippen molar-refractivity contribution in [2.75, 3.05) is 6.54 Å². The minimum absolute atomic E-state index is 0. The molecule has 5 aliphatic carbocycles. The highest BCUT2D eigenvalue weighted by molar-refractivity contribution is 5.86. The smallest absolute Gasteiger partial charge is 0.0843 e. The van der Waals surface area contributed by atoms with Gasteiger partial charge in [-0.05, 0) is 105 Å². The molecule has 4 unspecified atom stereocenters. The van der Waals surface area contributed by atoms with Crippen LogP contribution in [0.25, 0.3) is 10.9 Å². The van der Waals surface area contributed by atoms with Crippen LogP contribution in [0.2, 0.25) is 0 Å². The van der Waals surface area contributed by atoms with E-state index >= 15 is 0 Å². The van der Waals surface area contributed by atoms with Crippen molar-refractivity contribution in [1.82, 2.24) is 9.88 Å². The summed E-state index contributed by atoms with van der Waals surface area (Å²) in [6, 6.07) is 6.88. The second kappa shape index (κ2) is 8.28. The Bertz CT molecular complexity index is 1030. The van der Waals surface area contributed by atoms with Crippen LogP contribution in [0.1, 0.15) is 76.1 Å². The van der Waals surface area contributed by atoms with Gasteiger partial charge in [0.25, 0.3) is 0 Å². The Labute approximate surface area is 206 Å². The number of halogens is 1. The van der Waals surface area contributed by atoms with Crippen molar-refractivity contribution < 1.29 is 5.11 Å². The molecule has 0 aliphatic heterocycles. The van der Waals surface area contributed by atoms with Crippen molar-refractivity contribution in [3.63, 3.8) is 0 Å². The summed E-state index contributed by atoms with van der Waals surface area (Å²) in [7, 11) is 0. The molecular weight excluding hydrogens is 428 g/mol. The van der Waals surface area contributed by atoms with E-state index in [0.717, 1.165) is 36.6 Å². The number of aromatic nitrogens is 1. The molecule has 3 nitrogen and oxygen atoms in total. The molecule has 33 heavy (non-hydrogen) atoms. The summed E-state index contributed by atoms with van der Waals surface area (Å²) in [4.78, 5) is 0. The monoisotopic (exact) mass is 470 g/mol. The lowest BCUT2D eigenvalue weighted by Crippen LogP contribution is -2.64. The van der Waals surface area contributed by atoms with Crippen LogP contribution in [0, 0.1) is 36.0 Å². The molecule has 4 fully saturated rings. The van der Waals surface area contributed by atoms with E-state index in [9.17, 15) is 5.11 Å². The third-order valence-electron chi connectivity index (χ3n) is 10.0. The average molecular weight is 471 g/mol. The van der Waals surface area contributed by atoms with Crippen LogP contribution in [-0.2, 0) is 19.4 Å².